The van der Waals surface area contributed by atoms with Crippen LogP contribution in [-0.4, -0.2) is 23.8 Å². The molecule has 2 rings (SSSR count). The number of nitrogens with one attached hydrogen (secondary N) is 1. The van der Waals surface area contributed by atoms with E-state index in [9.17, 15) is 9.59 Å². The van der Waals surface area contributed by atoms with Crippen LogP contribution in [0.5, 0.6) is 0 Å². The van der Waals surface area contributed by atoms with Gasteiger partial charge in [-0.1, -0.05) is 46.5 Å². The highest BCUT2D eigenvalue weighted by molar-refractivity contribution is 5.82. The van der Waals surface area contributed by atoms with Gasteiger partial charge < -0.3 is 11.1 Å². The third-order valence-electron chi connectivity index (χ3n) is 7.10. The summed E-state index contributed by atoms with van der Waals surface area (Å²) in [6.07, 6.45) is 10.9. The van der Waals surface area contributed by atoms with Crippen molar-refractivity contribution < 1.29 is 9.59 Å². The van der Waals surface area contributed by atoms with Gasteiger partial charge in [0.05, 0.1) is 6.04 Å². The van der Waals surface area contributed by atoms with Gasteiger partial charge in [0.2, 0.25) is 5.91 Å². The van der Waals surface area contributed by atoms with E-state index in [0.717, 1.165) is 25.7 Å². The minimum Gasteiger partial charge on any atom is -0.352 e. The van der Waals surface area contributed by atoms with Crippen LogP contribution >= 0.6 is 0 Å². The van der Waals surface area contributed by atoms with E-state index in [1.165, 1.54) is 32.1 Å². The largest absolute Gasteiger partial charge is 0.352 e. The van der Waals surface area contributed by atoms with Crippen molar-refractivity contribution in [1.29, 1.82) is 0 Å². The second-order valence-electron chi connectivity index (χ2n) is 9.74. The zero-order valence-corrected chi connectivity index (χ0v) is 18.0. The summed E-state index contributed by atoms with van der Waals surface area (Å²) in [6.45, 7) is 8.53. The zero-order chi connectivity index (χ0) is 20.0. The molecule has 2 saturated carbocycles. The number of rotatable bonds is 8. The molecule has 2 aliphatic carbocycles. The van der Waals surface area contributed by atoms with E-state index in [2.05, 4.69) is 26.1 Å². The molecule has 0 aromatic heterocycles. The van der Waals surface area contributed by atoms with Crippen LogP contribution < -0.4 is 11.1 Å². The number of carbonyl (C=O) groups is 2. The SMILES string of the molecule is CC(C)[C@@H]1CC[C@@H](C)C[C@H]1C(=O)CC[C@@H](NC(=O)[C@H](C)N)C1CCCCC1. The molecule has 0 bridgehead atoms. The molecule has 1 amide bonds. The van der Waals surface area contributed by atoms with E-state index >= 15 is 0 Å². The average molecular weight is 379 g/mol. The van der Waals surface area contributed by atoms with Gasteiger partial charge in [0.25, 0.3) is 0 Å². The number of hydrogen-bond donors (Lipinski definition) is 2. The van der Waals surface area contributed by atoms with E-state index in [-0.39, 0.29) is 17.9 Å². The Bertz CT molecular complexity index is 483. The number of amides is 1. The standard InChI is InChI=1S/C23H42N2O2/c1-15(2)19-11-10-16(3)14-20(19)22(26)13-12-21(25-23(27)17(4)24)18-8-6-5-7-9-18/h15-21H,5-14,24H2,1-4H3,(H,25,27)/t16-,17+,19+,20-,21-/m1/s1. The average Bonchev–Trinajstić information content (AvgIpc) is 2.64. The Morgan fingerprint density at radius 2 is 1.70 bits per heavy atom. The van der Waals surface area contributed by atoms with Crippen molar-refractivity contribution in [2.24, 2.45) is 35.3 Å². The monoisotopic (exact) mass is 378 g/mol. The quantitative estimate of drug-likeness (QED) is 0.655. The second-order valence-corrected chi connectivity index (χ2v) is 9.74. The van der Waals surface area contributed by atoms with Crippen LogP contribution in [0.4, 0.5) is 0 Å². The van der Waals surface area contributed by atoms with Crippen molar-refractivity contribution in [3.63, 3.8) is 0 Å². The van der Waals surface area contributed by atoms with Crippen molar-refractivity contribution >= 4 is 11.7 Å². The molecule has 5 atom stereocenters. The van der Waals surface area contributed by atoms with Crippen molar-refractivity contribution in [3.8, 4) is 0 Å². The molecule has 0 aromatic rings. The van der Waals surface area contributed by atoms with Crippen molar-refractivity contribution in [3.05, 3.63) is 0 Å². The minimum atomic E-state index is -0.490. The minimum absolute atomic E-state index is 0.0793. The first-order valence-corrected chi connectivity index (χ1v) is 11.4. The lowest BCUT2D eigenvalue weighted by Gasteiger charge is -2.37. The Labute approximate surface area is 166 Å². The lowest BCUT2D eigenvalue weighted by molar-refractivity contribution is -0.128. The molecule has 0 radical (unpaired) electrons. The van der Waals surface area contributed by atoms with Crippen LogP contribution in [0, 0.1) is 29.6 Å². The summed E-state index contributed by atoms with van der Waals surface area (Å²) in [7, 11) is 0. The molecule has 2 fully saturated rings. The Morgan fingerprint density at radius 3 is 2.30 bits per heavy atom. The third kappa shape index (κ3) is 6.58. The third-order valence-corrected chi connectivity index (χ3v) is 7.10. The number of carbonyl (C=O) groups excluding carboxylic acids is 2. The summed E-state index contributed by atoms with van der Waals surface area (Å²) in [5.41, 5.74) is 5.77. The highest BCUT2D eigenvalue weighted by atomic mass is 16.2. The Balaban J connectivity index is 1.98. The van der Waals surface area contributed by atoms with Gasteiger partial charge in [-0.15, -0.1) is 0 Å². The molecule has 2 aliphatic rings. The van der Waals surface area contributed by atoms with Crippen LogP contribution in [0.2, 0.25) is 0 Å². The number of nitrogens with two attached hydrogens (primary N) is 1. The van der Waals surface area contributed by atoms with E-state index in [4.69, 9.17) is 5.73 Å². The van der Waals surface area contributed by atoms with Gasteiger partial charge >= 0.3 is 0 Å². The van der Waals surface area contributed by atoms with Gasteiger partial charge in [0.1, 0.15) is 5.78 Å². The molecule has 0 unspecified atom stereocenters. The number of hydrogen-bond acceptors (Lipinski definition) is 3. The number of ketones is 1. The van der Waals surface area contributed by atoms with Gasteiger partial charge in [-0.25, -0.2) is 0 Å². The highest BCUT2D eigenvalue weighted by Crippen LogP contribution is 2.39. The first-order chi connectivity index (χ1) is 12.8. The maximum Gasteiger partial charge on any atom is 0.236 e. The first kappa shape index (κ1) is 22.4. The van der Waals surface area contributed by atoms with Crippen LogP contribution in [0.3, 0.4) is 0 Å². The number of Topliss-reactive ketones (excluding diaryl/α,β-unsaturated/α-hetero) is 1. The van der Waals surface area contributed by atoms with Gasteiger partial charge in [-0.3, -0.25) is 9.59 Å². The molecule has 27 heavy (non-hydrogen) atoms. The van der Waals surface area contributed by atoms with Crippen LogP contribution in [0.1, 0.15) is 91.9 Å². The Kier molecular flexibility index (Phi) is 8.78. The fourth-order valence-corrected chi connectivity index (χ4v) is 5.33. The summed E-state index contributed by atoms with van der Waals surface area (Å²) >= 11 is 0. The lowest BCUT2D eigenvalue weighted by atomic mass is 9.68. The summed E-state index contributed by atoms with van der Waals surface area (Å²) in [5, 5.41) is 3.17. The highest BCUT2D eigenvalue weighted by Gasteiger charge is 2.35. The Hall–Kier alpha value is -0.900. The predicted octanol–water partition coefficient (Wildman–Crippen LogP) is 4.46. The van der Waals surface area contributed by atoms with Crippen molar-refractivity contribution in [1.82, 2.24) is 5.32 Å². The Morgan fingerprint density at radius 1 is 1.04 bits per heavy atom. The summed E-state index contributed by atoms with van der Waals surface area (Å²) in [5.74, 6) is 2.81. The summed E-state index contributed by atoms with van der Waals surface area (Å²) in [4.78, 5) is 25.3. The van der Waals surface area contributed by atoms with Gasteiger partial charge in [-0.2, -0.15) is 0 Å². The molecule has 0 aromatic carbocycles. The normalized spacial score (nSPS) is 29.3. The molecule has 3 N–H and O–H groups in total. The van der Waals surface area contributed by atoms with Crippen molar-refractivity contribution in [2.75, 3.05) is 0 Å². The second kappa shape index (κ2) is 10.6. The lowest BCUT2D eigenvalue weighted by Crippen LogP contribution is -2.47. The molecule has 4 heteroatoms. The first-order valence-electron chi connectivity index (χ1n) is 11.4. The van der Waals surface area contributed by atoms with Gasteiger partial charge in [0, 0.05) is 18.4 Å². The smallest absolute Gasteiger partial charge is 0.236 e. The van der Waals surface area contributed by atoms with Crippen LogP contribution in [0.15, 0.2) is 0 Å². The molecular weight excluding hydrogens is 336 g/mol. The molecule has 4 nitrogen and oxygen atoms in total. The van der Waals surface area contributed by atoms with E-state index in [1.54, 1.807) is 6.92 Å². The van der Waals surface area contributed by atoms with Gasteiger partial charge in [0.15, 0.2) is 0 Å². The predicted molar refractivity (Wildman–Crippen MR) is 111 cm³/mol. The fourth-order valence-electron chi connectivity index (χ4n) is 5.33. The molecular formula is C23H42N2O2. The topological polar surface area (TPSA) is 72.2 Å². The molecule has 0 spiro atoms. The van der Waals surface area contributed by atoms with Gasteiger partial charge in [-0.05, 0) is 62.7 Å². The maximum absolute atomic E-state index is 13.1. The van der Waals surface area contributed by atoms with Crippen molar-refractivity contribution in [2.45, 2.75) is 104 Å². The van der Waals surface area contributed by atoms with E-state index in [1.807, 2.05) is 0 Å². The van der Waals surface area contributed by atoms with E-state index < -0.39 is 6.04 Å². The van der Waals surface area contributed by atoms with E-state index in [0.29, 0.717) is 35.9 Å². The molecule has 0 heterocycles. The van der Waals surface area contributed by atoms with Crippen LogP contribution in [-0.2, 0) is 9.59 Å². The maximum atomic E-state index is 13.1. The summed E-state index contributed by atoms with van der Waals surface area (Å²) in [6, 6.07) is -0.387. The molecule has 0 saturated heterocycles. The summed E-state index contributed by atoms with van der Waals surface area (Å²) < 4.78 is 0. The fraction of sp³-hybridized carbons (Fsp3) is 0.913. The van der Waals surface area contributed by atoms with Crippen LogP contribution in [0.25, 0.3) is 0 Å². The zero-order valence-electron chi connectivity index (χ0n) is 18.0. The molecule has 0 aliphatic heterocycles. The molecule has 156 valence electrons.